The summed E-state index contributed by atoms with van der Waals surface area (Å²) in [7, 11) is 0. The van der Waals surface area contributed by atoms with Crippen molar-refractivity contribution in [3.8, 4) is 0 Å². The van der Waals surface area contributed by atoms with E-state index in [0.717, 1.165) is 0 Å². The Hall–Kier alpha value is -2.78. The Balaban J connectivity index is 2.82. The molecule has 0 saturated carbocycles. The van der Waals surface area contributed by atoms with Crippen LogP contribution in [0.4, 0.5) is 23.7 Å². The zero-order chi connectivity index (χ0) is 16.2. The molecule has 7 nitrogen and oxygen atoms in total. The van der Waals surface area contributed by atoms with E-state index in [-0.39, 0.29) is 0 Å². The lowest BCUT2D eigenvalue weighted by Crippen LogP contribution is -2.44. The highest BCUT2D eigenvalue weighted by molar-refractivity contribution is 5.93. The van der Waals surface area contributed by atoms with Crippen LogP contribution in [0, 0.1) is 17.5 Å². The number of hydrogen-bond donors (Lipinski definition) is 4. The van der Waals surface area contributed by atoms with Gasteiger partial charge in [0.05, 0.1) is 6.42 Å². The van der Waals surface area contributed by atoms with Gasteiger partial charge in [0, 0.05) is 12.1 Å². The highest BCUT2D eigenvalue weighted by Gasteiger charge is 2.24. The summed E-state index contributed by atoms with van der Waals surface area (Å²) in [6, 6.07) is -2.53. The van der Waals surface area contributed by atoms with Gasteiger partial charge in [0.1, 0.15) is 17.5 Å². The Morgan fingerprint density at radius 3 is 2.05 bits per heavy atom. The fourth-order valence-electron chi connectivity index (χ4n) is 1.34. The minimum absolute atomic E-state index is 0.310. The molecule has 0 aliphatic rings. The number of urea groups is 1. The predicted octanol–water partition coefficient (Wildman–Crippen LogP) is 1.15. The average Bonchev–Trinajstić information content (AvgIpc) is 2.32. The number of hydrogen-bond acceptors (Lipinski definition) is 3. The lowest BCUT2D eigenvalue weighted by Gasteiger charge is -2.14. The van der Waals surface area contributed by atoms with E-state index < -0.39 is 53.6 Å². The molecule has 2 amide bonds. The van der Waals surface area contributed by atoms with Crippen LogP contribution in [0.15, 0.2) is 12.1 Å². The van der Waals surface area contributed by atoms with Gasteiger partial charge in [-0.05, 0) is 0 Å². The van der Waals surface area contributed by atoms with E-state index in [1.807, 2.05) is 0 Å². The van der Waals surface area contributed by atoms with Crippen molar-refractivity contribution in [2.75, 3.05) is 5.32 Å². The molecular weight excluding hydrogens is 297 g/mol. The standard InChI is InChI=1S/C11H9F3N2O5/c12-4-1-5(13)9(6(14)2-4)16-11(21)15-7(10(19)20)3-8(17)18/h1-2,7H,3H2,(H,17,18)(H,19,20)(H2,15,16,21)/t7-/m1/s1. The molecule has 0 saturated heterocycles. The van der Waals surface area contributed by atoms with Crippen molar-refractivity contribution in [1.29, 1.82) is 0 Å². The number of benzene rings is 1. The van der Waals surface area contributed by atoms with E-state index in [9.17, 15) is 27.6 Å². The molecule has 0 aliphatic heterocycles. The van der Waals surface area contributed by atoms with E-state index in [2.05, 4.69) is 0 Å². The Bertz CT molecular complexity index is 570. The van der Waals surface area contributed by atoms with Crippen molar-refractivity contribution in [2.45, 2.75) is 12.5 Å². The SMILES string of the molecule is O=C(O)C[C@@H](NC(=O)Nc1c(F)cc(F)cc1F)C(=O)O. The number of rotatable bonds is 5. The Morgan fingerprint density at radius 2 is 1.62 bits per heavy atom. The summed E-state index contributed by atoms with van der Waals surface area (Å²) in [6.45, 7) is 0. The Labute approximate surface area is 115 Å². The van der Waals surface area contributed by atoms with Crippen molar-refractivity contribution < 1.29 is 37.8 Å². The molecule has 1 atom stereocenters. The highest BCUT2D eigenvalue weighted by Crippen LogP contribution is 2.19. The van der Waals surface area contributed by atoms with E-state index in [1.54, 1.807) is 10.6 Å². The maximum absolute atomic E-state index is 13.2. The number of anilines is 1. The summed E-state index contributed by atoms with van der Waals surface area (Å²) in [6.07, 6.45) is -0.933. The normalized spacial score (nSPS) is 11.6. The fraction of sp³-hybridized carbons (Fsp3) is 0.182. The third kappa shape index (κ3) is 4.67. The summed E-state index contributed by atoms with van der Waals surface area (Å²) >= 11 is 0. The molecule has 0 radical (unpaired) electrons. The number of amides is 2. The minimum Gasteiger partial charge on any atom is -0.481 e. The second kappa shape index (κ2) is 6.59. The number of carboxylic acids is 2. The first-order valence-electron chi connectivity index (χ1n) is 5.37. The highest BCUT2D eigenvalue weighted by atomic mass is 19.1. The van der Waals surface area contributed by atoms with Gasteiger partial charge in [0.2, 0.25) is 0 Å². The second-order valence-corrected chi connectivity index (χ2v) is 3.83. The van der Waals surface area contributed by atoms with Gasteiger partial charge >= 0.3 is 18.0 Å². The molecule has 1 aromatic rings. The van der Waals surface area contributed by atoms with Gasteiger partial charge in [0.25, 0.3) is 0 Å². The van der Waals surface area contributed by atoms with Crippen LogP contribution in [0.2, 0.25) is 0 Å². The van der Waals surface area contributed by atoms with Crippen molar-refractivity contribution in [3.05, 3.63) is 29.6 Å². The third-order valence-electron chi connectivity index (χ3n) is 2.23. The molecular formula is C11H9F3N2O5. The van der Waals surface area contributed by atoms with E-state index in [4.69, 9.17) is 10.2 Å². The van der Waals surface area contributed by atoms with Gasteiger partial charge in [-0.1, -0.05) is 0 Å². The quantitative estimate of drug-likeness (QED) is 0.651. The number of halogens is 3. The number of carboxylic acid groups (broad SMARTS) is 2. The van der Waals surface area contributed by atoms with Crippen LogP contribution in [-0.2, 0) is 9.59 Å². The first kappa shape index (κ1) is 16.3. The van der Waals surface area contributed by atoms with Crippen molar-refractivity contribution in [2.24, 2.45) is 0 Å². The topological polar surface area (TPSA) is 116 Å². The maximum atomic E-state index is 13.2. The fourth-order valence-corrected chi connectivity index (χ4v) is 1.34. The Kier molecular flexibility index (Phi) is 5.11. The van der Waals surface area contributed by atoms with Crippen LogP contribution < -0.4 is 10.6 Å². The number of carbonyl (C=O) groups is 3. The zero-order valence-electron chi connectivity index (χ0n) is 10.2. The monoisotopic (exact) mass is 306 g/mol. The first-order valence-corrected chi connectivity index (χ1v) is 5.37. The largest absolute Gasteiger partial charge is 0.481 e. The molecule has 0 bridgehead atoms. The van der Waals surface area contributed by atoms with E-state index >= 15 is 0 Å². The molecule has 1 rings (SSSR count). The molecule has 21 heavy (non-hydrogen) atoms. The van der Waals surface area contributed by atoms with Crippen molar-refractivity contribution >= 4 is 23.7 Å². The lowest BCUT2D eigenvalue weighted by atomic mass is 10.2. The van der Waals surface area contributed by atoms with Gasteiger partial charge in [-0.2, -0.15) is 0 Å². The number of aliphatic carboxylic acids is 2. The summed E-state index contributed by atoms with van der Waals surface area (Å²) < 4.78 is 39.1. The predicted molar refractivity (Wildman–Crippen MR) is 62.1 cm³/mol. The van der Waals surface area contributed by atoms with Gasteiger partial charge in [-0.25, -0.2) is 22.8 Å². The summed E-state index contributed by atoms with van der Waals surface area (Å²) in [5, 5.41) is 20.5. The maximum Gasteiger partial charge on any atom is 0.326 e. The van der Waals surface area contributed by atoms with E-state index in [1.165, 1.54) is 0 Å². The zero-order valence-corrected chi connectivity index (χ0v) is 10.2. The summed E-state index contributed by atoms with van der Waals surface area (Å²) in [4.78, 5) is 32.5. The molecule has 4 N–H and O–H groups in total. The molecule has 0 unspecified atom stereocenters. The molecule has 0 fully saturated rings. The molecule has 0 aromatic heterocycles. The number of carbonyl (C=O) groups excluding carboxylic acids is 1. The molecule has 0 heterocycles. The van der Waals surface area contributed by atoms with Crippen molar-refractivity contribution in [1.82, 2.24) is 5.32 Å². The summed E-state index contributed by atoms with van der Waals surface area (Å²) in [5.74, 6) is -7.17. The molecule has 0 aliphatic carbocycles. The van der Waals surface area contributed by atoms with Crippen LogP contribution >= 0.6 is 0 Å². The lowest BCUT2D eigenvalue weighted by molar-refractivity contribution is -0.145. The van der Waals surface area contributed by atoms with Gasteiger partial charge in [-0.15, -0.1) is 0 Å². The van der Waals surface area contributed by atoms with Crippen LogP contribution in [0.25, 0.3) is 0 Å². The molecule has 0 spiro atoms. The molecule has 114 valence electrons. The van der Waals surface area contributed by atoms with Gasteiger partial charge in [-0.3, -0.25) is 4.79 Å². The number of nitrogens with one attached hydrogen (secondary N) is 2. The summed E-state index contributed by atoms with van der Waals surface area (Å²) in [5.41, 5.74) is -0.992. The van der Waals surface area contributed by atoms with Gasteiger partial charge in [0.15, 0.2) is 11.6 Å². The average molecular weight is 306 g/mol. The van der Waals surface area contributed by atoms with Gasteiger partial charge < -0.3 is 20.8 Å². The minimum atomic E-state index is -1.80. The van der Waals surface area contributed by atoms with E-state index in [0.29, 0.717) is 12.1 Å². The molecule has 1 aromatic carbocycles. The first-order chi connectivity index (χ1) is 9.70. The smallest absolute Gasteiger partial charge is 0.326 e. The van der Waals surface area contributed by atoms with Crippen LogP contribution in [0.5, 0.6) is 0 Å². The second-order valence-electron chi connectivity index (χ2n) is 3.83. The van der Waals surface area contributed by atoms with Crippen molar-refractivity contribution in [3.63, 3.8) is 0 Å². The van der Waals surface area contributed by atoms with Crippen LogP contribution in [-0.4, -0.2) is 34.2 Å². The van der Waals surface area contributed by atoms with Crippen LogP contribution in [0.3, 0.4) is 0 Å². The molecule has 10 heteroatoms. The Morgan fingerprint density at radius 1 is 1.10 bits per heavy atom. The third-order valence-corrected chi connectivity index (χ3v) is 2.23. The van der Waals surface area contributed by atoms with Crippen LogP contribution in [0.1, 0.15) is 6.42 Å².